The number of aromatic nitrogens is 3. The fourth-order valence-corrected chi connectivity index (χ4v) is 5.89. The van der Waals surface area contributed by atoms with Gasteiger partial charge >= 0.3 is 12.2 Å². The number of carbonyl (C=O) groups excluding carboxylic acids is 2. The van der Waals surface area contributed by atoms with E-state index in [1.165, 1.54) is 11.9 Å². The summed E-state index contributed by atoms with van der Waals surface area (Å²) in [5.41, 5.74) is 4.80. The number of rotatable bonds is 11. The molecule has 1 saturated carbocycles. The van der Waals surface area contributed by atoms with Crippen molar-refractivity contribution in [2.75, 3.05) is 40.0 Å². The van der Waals surface area contributed by atoms with E-state index in [1.54, 1.807) is 6.07 Å². The Bertz CT molecular complexity index is 1740. The molecular formula is C31H35FN6O6. The van der Waals surface area contributed by atoms with Gasteiger partial charge in [0.05, 0.1) is 28.3 Å². The number of hydrogen-bond acceptors (Lipinski definition) is 6. The van der Waals surface area contributed by atoms with E-state index in [9.17, 15) is 18.8 Å². The van der Waals surface area contributed by atoms with Crippen LogP contribution in [0.2, 0.25) is 0 Å². The standard InChI is InChI=1S/C31H35FN6O6/c1-33-31(42)44-11-10-43-26-5-3-4-20-13-25(38(27(20)26)16-18-6-7-18)28-35-23-14-22-19(12-24(23)36(28)2)8-9-37(29(22)39)17-21(15-32)34-30(40)41/h3-5,12-14,18,21,34H,6-11,15-17H2,1-2H3,(H,33,42)(H,40,41)/t21-/m1/s1. The number of carboxylic acid groups (broad SMARTS) is 1. The first-order valence-corrected chi connectivity index (χ1v) is 14.7. The SMILES string of the molecule is CNC(=O)OCCOc1cccc2cc(-c3nc4cc5c(cc4n3C)CCN(C[C@@H](CF)NC(=O)O)C5=O)n(CC3CC3)c12. The Kier molecular flexibility index (Phi) is 8.02. The van der Waals surface area contributed by atoms with Gasteiger partial charge in [0, 0.05) is 44.7 Å². The second-order valence-electron chi connectivity index (χ2n) is 11.3. The molecule has 2 aromatic heterocycles. The molecule has 0 saturated heterocycles. The van der Waals surface area contributed by atoms with Crippen LogP contribution in [0.4, 0.5) is 14.0 Å². The van der Waals surface area contributed by atoms with Crippen LogP contribution >= 0.6 is 0 Å². The molecule has 1 fully saturated rings. The summed E-state index contributed by atoms with van der Waals surface area (Å²) in [5.74, 6) is 1.73. The maximum Gasteiger partial charge on any atom is 0.406 e. The van der Waals surface area contributed by atoms with E-state index in [2.05, 4.69) is 21.3 Å². The maximum atomic E-state index is 13.4. The number of fused-ring (bicyclic) bond motifs is 3. The number of ether oxygens (including phenoxy) is 2. The average molecular weight is 607 g/mol. The van der Waals surface area contributed by atoms with Crippen molar-refractivity contribution in [2.45, 2.75) is 31.8 Å². The first-order valence-electron chi connectivity index (χ1n) is 14.7. The lowest BCUT2D eigenvalue weighted by Gasteiger charge is -2.31. The predicted octanol–water partition coefficient (Wildman–Crippen LogP) is 3.94. The zero-order valence-electron chi connectivity index (χ0n) is 24.6. The Morgan fingerprint density at radius 2 is 2.02 bits per heavy atom. The monoisotopic (exact) mass is 606 g/mol. The molecule has 2 aliphatic rings. The highest BCUT2D eigenvalue weighted by Gasteiger charge is 2.30. The van der Waals surface area contributed by atoms with E-state index < -0.39 is 24.9 Å². The molecule has 0 bridgehead atoms. The summed E-state index contributed by atoms with van der Waals surface area (Å²) < 4.78 is 28.9. The second-order valence-corrected chi connectivity index (χ2v) is 11.3. The maximum absolute atomic E-state index is 13.4. The highest BCUT2D eigenvalue weighted by molar-refractivity contribution is 6.01. The normalized spacial score (nSPS) is 15.3. The molecule has 12 nitrogen and oxygen atoms in total. The van der Waals surface area contributed by atoms with Crippen LogP contribution in [-0.4, -0.2) is 88.3 Å². The van der Waals surface area contributed by atoms with E-state index in [0.717, 1.165) is 52.9 Å². The van der Waals surface area contributed by atoms with E-state index in [4.69, 9.17) is 19.6 Å². The highest BCUT2D eigenvalue weighted by Crippen LogP contribution is 2.39. The number of carbonyl (C=O) groups is 3. The van der Waals surface area contributed by atoms with Gasteiger partial charge < -0.3 is 39.2 Å². The number of alkyl halides is 1. The molecule has 1 atom stereocenters. The van der Waals surface area contributed by atoms with Gasteiger partial charge in [-0.15, -0.1) is 0 Å². The van der Waals surface area contributed by atoms with E-state index >= 15 is 0 Å². The quantitative estimate of drug-likeness (QED) is 0.220. The zero-order chi connectivity index (χ0) is 31.0. The van der Waals surface area contributed by atoms with Crippen LogP contribution in [0.3, 0.4) is 0 Å². The number of aryl methyl sites for hydroxylation is 1. The van der Waals surface area contributed by atoms with Crippen LogP contribution < -0.4 is 15.4 Å². The Balaban J connectivity index is 1.34. The number of nitrogens with zero attached hydrogens (tertiary/aromatic N) is 4. The third-order valence-corrected chi connectivity index (χ3v) is 8.26. The van der Waals surface area contributed by atoms with E-state index in [1.807, 2.05) is 35.9 Å². The number of alkyl carbamates (subject to hydrolysis) is 1. The van der Waals surface area contributed by atoms with Crippen molar-refractivity contribution in [2.24, 2.45) is 13.0 Å². The number of halogens is 1. The molecule has 13 heteroatoms. The minimum absolute atomic E-state index is 0.0455. The lowest BCUT2D eigenvalue weighted by molar-refractivity contribution is 0.0714. The molecule has 3 amide bonds. The predicted molar refractivity (Wildman–Crippen MR) is 161 cm³/mol. The van der Waals surface area contributed by atoms with Gasteiger partial charge in [-0.05, 0) is 55.0 Å². The summed E-state index contributed by atoms with van der Waals surface area (Å²) in [5, 5.41) is 14.6. The van der Waals surface area contributed by atoms with Crippen molar-refractivity contribution < 1.29 is 33.4 Å². The van der Waals surface area contributed by atoms with Crippen molar-refractivity contribution in [3.63, 3.8) is 0 Å². The van der Waals surface area contributed by atoms with Crippen LogP contribution in [0.15, 0.2) is 36.4 Å². The van der Waals surface area contributed by atoms with Crippen molar-refractivity contribution in [1.82, 2.24) is 29.7 Å². The van der Waals surface area contributed by atoms with Crippen molar-refractivity contribution in [3.05, 3.63) is 47.5 Å². The van der Waals surface area contributed by atoms with Crippen molar-refractivity contribution in [3.8, 4) is 17.3 Å². The molecule has 3 N–H and O–H groups in total. The molecule has 3 heterocycles. The fraction of sp³-hybridized carbons (Fsp3) is 0.419. The molecular weight excluding hydrogens is 571 g/mol. The van der Waals surface area contributed by atoms with Gasteiger partial charge in [-0.3, -0.25) is 4.79 Å². The minimum Gasteiger partial charge on any atom is -0.488 e. The average Bonchev–Trinajstić information content (AvgIpc) is 3.68. The van der Waals surface area contributed by atoms with Gasteiger partial charge in [-0.25, -0.2) is 19.0 Å². The van der Waals surface area contributed by atoms with Crippen molar-refractivity contribution >= 4 is 40.0 Å². The molecule has 232 valence electrons. The van der Waals surface area contributed by atoms with Gasteiger partial charge in [0.15, 0.2) is 5.82 Å². The van der Waals surface area contributed by atoms with Crippen LogP contribution in [0.25, 0.3) is 33.5 Å². The van der Waals surface area contributed by atoms with Crippen molar-refractivity contribution in [1.29, 1.82) is 0 Å². The second kappa shape index (κ2) is 12.1. The summed E-state index contributed by atoms with van der Waals surface area (Å²) in [6.45, 7) is 0.543. The van der Waals surface area contributed by atoms with E-state index in [-0.39, 0.29) is 25.7 Å². The molecule has 2 aromatic carbocycles. The Hall–Kier alpha value is -4.81. The lowest BCUT2D eigenvalue weighted by Crippen LogP contribution is -2.48. The van der Waals surface area contributed by atoms with Crippen LogP contribution in [0.1, 0.15) is 28.8 Å². The number of imidazole rings is 1. The summed E-state index contributed by atoms with van der Waals surface area (Å²) in [6.07, 6.45) is 1.04. The lowest BCUT2D eigenvalue weighted by atomic mass is 9.97. The summed E-state index contributed by atoms with van der Waals surface area (Å²) in [7, 11) is 3.47. The van der Waals surface area contributed by atoms with Gasteiger partial charge in [-0.1, -0.05) is 12.1 Å². The van der Waals surface area contributed by atoms with Gasteiger partial charge in [0.25, 0.3) is 5.91 Å². The summed E-state index contributed by atoms with van der Waals surface area (Å²) in [4.78, 5) is 42.4. The number of amides is 3. The summed E-state index contributed by atoms with van der Waals surface area (Å²) in [6, 6.07) is 10.8. The number of para-hydroxylation sites is 1. The van der Waals surface area contributed by atoms with Gasteiger partial charge in [0.2, 0.25) is 0 Å². The third kappa shape index (κ3) is 5.73. The Morgan fingerprint density at radius 1 is 1.20 bits per heavy atom. The first kappa shape index (κ1) is 29.3. The number of nitrogens with one attached hydrogen (secondary N) is 2. The molecule has 1 aliphatic heterocycles. The van der Waals surface area contributed by atoms with Gasteiger partial charge in [0.1, 0.15) is 25.6 Å². The molecule has 6 rings (SSSR count). The highest BCUT2D eigenvalue weighted by atomic mass is 19.1. The molecule has 4 aromatic rings. The molecule has 0 unspecified atom stereocenters. The van der Waals surface area contributed by atoms with Crippen LogP contribution in [0, 0.1) is 5.92 Å². The largest absolute Gasteiger partial charge is 0.488 e. The Labute approximate surface area is 252 Å². The topological polar surface area (TPSA) is 140 Å². The molecule has 0 radical (unpaired) electrons. The Morgan fingerprint density at radius 3 is 2.75 bits per heavy atom. The molecule has 1 aliphatic carbocycles. The molecule has 0 spiro atoms. The number of benzene rings is 2. The fourth-order valence-electron chi connectivity index (χ4n) is 5.89. The summed E-state index contributed by atoms with van der Waals surface area (Å²) >= 11 is 0. The third-order valence-electron chi connectivity index (χ3n) is 8.26. The van der Waals surface area contributed by atoms with Crippen LogP contribution in [0.5, 0.6) is 5.75 Å². The smallest absolute Gasteiger partial charge is 0.406 e. The zero-order valence-corrected chi connectivity index (χ0v) is 24.6. The van der Waals surface area contributed by atoms with E-state index in [0.29, 0.717) is 35.7 Å². The number of hydrogen-bond donors (Lipinski definition) is 3. The van der Waals surface area contributed by atoms with Gasteiger partial charge in [-0.2, -0.15) is 0 Å². The minimum atomic E-state index is -1.33. The molecule has 44 heavy (non-hydrogen) atoms. The first-order chi connectivity index (χ1) is 21.3. The van der Waals surface area contributed by atoms with Crippen LogP contribution in [-0.2, 0) is 24.8 Å².